The van der Waals surface area contributed by atoms with Gasteiger partial charge in [-0.25, -0.2) is 0 Å². The molecule has 2 saturated carbocycles. The van der Waals surface area contributed by atoms with E-state index in [0.29, 0.717) is 0 Å². The Balaban J connectivity index is 1.85. The van der Waals surface area contributed by atoms with Crippen molar-refractivity contribution in [2.24, 2.45) is 29.4 Å². The van der Waals surface area contributed by atoms with E-state index in [0.717, 1.165) is 30.2 Å². The van der Waals surface area contributed by atoms with Crippen LogP contribution in [0.25, 0.3) is 0 Å². The van der Waals surface area contributed by atoms with Crippen LogP contribution in [0.3, 0.4) is 0 Å². The van der Waals surface area contributed by atoms with Gasteiger partial charge in [0.25, 0.3) is 0 Å². The van der Waals surface area contributed by atoms with E-state index in [9.17, 15) is 0 Å². The lowest BCUT2D eigenvalue weighted by molar-refractivity contribution is 0.260. The van der Waals surface area contributed by atoms with Crippen LogP contribution in [0.5, 0.6) is 0 Å². The van der Waals surface area contributed by atoms with Gasteiger partial charge in [0.15, 0.2) is 0 Å². The maximum atomic E-state index is 6.14. The van der Waals surface area contributed by atoms with E-state index < -0.39 is 0 Å². The third-order valence-corrected chi connectivity index (χ3v) is 5.78. The third-order valence-electron chi connectivity index (χ3n) is 5.78. The Morgan fingerprint density at radius 1 is 1.05 bits per heavy atom. The molecule has 2 aliphatic carbocycles. The summed E-state index contributed by atoms with van der Waals surface area (Å²) in [4.78, 5) is 0. The standard InChI is InChI=1S/C17H34N2/c1-13(2)15-5-4-9-17(12-18,10-8-15)19-11-14(3)16-6-7-16/h13-16,19H,4-12,18H2,1-3H3. The van der Waals surface area contributed by atoms with Gasteiger partial charge in [-0.15, -0.1) is 0 Å². The number of hydrogen-bond donors (Lipinski definition) is 2. The Morgan fingerprint density at radius 3 is 2.37 bits per heavy atom. The Hall–Kier alpha value is -0.0800. The van der Waals surface area contributed by atoms with E-state index in [2.05, 4.69) is 26.1 Å². The minimum Gasteiger partial charge on any atom is -0.329 e. The molecule has 0 aromatic rings. The lowest BCUT2D eigenvalue weighted by atomic mass is 9.86. The molecule has 0 bridgehead atoms. The average molecular weight is 266 g/mol. The van der Waals surface area contributed by atoms with E-state index in [1.54, 1.807) is 0 Å². The highest BCUT2D eigenvalue weighted by Crippen LogP contribution is 2.37. The minimum atomic E-state index is 0.243. The SMILES string of the molecule is CC(C)C1CCCC(CN)(NCC(C)C2CC2)CC1. The van der Waals surface area contributed by atoms with Crippen LogP contribution in [0.1, 0.15) is 65.7 Å². The molecule has 0 spiro atoms. The molecule has 0 aromatic carbocycles. The van der Waals surface area contributed by atoms with Crippen molar-refractivity contribution in [1.29, 1.82) is 0 Å². The van der Waals surface area contributed by atoms with Crippen molar-refractivity contribution in [2.75, 3.05) is 13.1 Å². The molecular weight excluding hydrogens is 232 g/mol. The Kier molecular flexibility index (Phi) is 5.30. The van der Waals surface area contributed by atoms with Gasteiger partial charge in [0.1, 0.15) is 0 Å². The first-order chi connectivity index (χ1) is 9.06. The molecule has 0 aromatic heterocycles. The molecule has 19 heavy (non-hydrogen) atoms. The first-order valence-electron chi connectivity index (χ1n) is 8.51. The van der Waals surface area contributed by atoms with E-state index in [-0.39, 0.29) is 5.54 Å². The number of rotatable bonds is 6. The van der Waals surface area contributed by atoms with Gasteiger partial charge in [-0.2, -0.15) is 0 Å². The van der Waals surface area contributed by atoms with E-state index >= 15 is 0 Å². The zero-order chi connectivity index (χ0) is 13.9. The van der Waals surface area contributed by atoms with Crippen molar-refractivity contribution in [2.45, 2.75) is 71.3 Å². The van der Waals surface area contributed by atoms with E-state index in [1.807, 2.05) is 0 Å². The molecule has 3 atom stereocenters. The fraction of sp³-hybridized carbons (Fsp3) is 1.00. The van der Waals surface area contributed by atoms with Gasteiger partial charge in [0, 0.05) is 12.1 Å². The monoisotopic (exact) mass is 266 g/mol. The maximum absolute atomic E-state index is 6.14. The Bertz CT molecular complexity index is 272. The summed E-state index contributed by atoms with van der Waals surface area (Å²) in [5.41, 5.74) is 6.39. The smallest absolute Gasteiger partial charge is 0.0304 e. The van der Waals surface area contributed by atoms with Crippen LogP contribution in [0.4, 0.5) is 0 Å². The summed E-state index contributed by atoms with van der Waals surface area (Å²) in [6, 6.07) is 0. The van der Waals surface area contributed by atoms with Gasteiger partial charge in [0.05, 0.1) is 0 Å². The molecule has 0 aliphatic heterocycles. The van der Waals surface area contributed by atoms with Crippen molar-refractivity contribution >= 4 is 0 Å². The van der Waals surface area contributed by atoms with Crippen molar-refractivity contribution in [3.05, 3.63) is 0 Å². The van der Waals surface area contributed by atoms with Gasteiger partial charge in [-0.1, -0.05) is 33.6 Å². The van der Waals surface area contributed by atoms with Crippen LogP contribution >= 0.6 is 0 Å². The number of hydrogen-bond acceptors (Lipinski definition) is 2. The molecule has 2 heteroatoms. The summed E-state index contributed by atoms with van der Waals surface area (Å²) in [7, 11) is 0. The Labute approximate surface area is 119 Å². The highest BCUT2D eigenvalue weighted by Gasteiger charge is 2.34. The first-order valence-corrected chi connectivity index (χ1v) is 8.51. The van der Waals surface area contributed by atoms with Gasteiger partial charge < -0.3 is 11.1 Å². The molecule has 3 unspecified atom stereocenters. The predicted molar refractivity (Wildman–Crippen MR) is 83.1 cm³/mol. The summed E-state index contributed by atoms with van der Waals surface area (Å²) in [5.74, 6) is 3.58. The zero-order valence-electron chi connectivity index (χ0n) is 13.3. The largest absolute Gasteiger partial charge is 0.329 e. The van der Waals surface area contributed by atoms with Gasteiger partial charge in [-0.3, -0.25) is 0 Å². The fourth-order valence-corrected chi connectivity index (χ4v) is 3.76. The molecule has 0 heterocycles. The van der Waals surface area contributed by atoms with Crippen LogP contribution in [-0.4, -0.2) is 18.6 Å². The van der Waals surface area contributed by atoms with Crippen LogP contribution in [0, 0.1) is 23.7 Å². The van der Waals surface area contributed by atoms with Crippen LogP contribution in [-0.2, 0) is 0 Å². The molecule has 2 rings (SSSR count). The van der Waals surface area contributed by atoms with Crippen molar-refractivity contribution in [3.8, 4) is 0 Å². The second-order valence-corrected chi connectivity index (χ2v) is 7.62. The van der Waals surface area contributed by atoms with Gasteiger partial charge in [0.2, 0.25) is 0 Å². The quantitative estimate of drug-likeness (QED) is 0.721. The van der Waals surface area contributed by atoms with Crippen LogP contribution < -0.4 is 11.1 Å². The lowest BCUT2D eigenvalue weighted by Gasteiger charge is -2.34. The third kappa shape index (κ3) is 4.19. The summed E-state index contributed by atoms with van der Waals surface area (Å²) in [5, 5.41) is 3.88. The van der Waals surface area contributed by atoms with Crippen molar-refractivity contribution in [1.82, 2.24) is 5.32 Å². The molecule has 2 aliphatic rings. The van der Waals surface area contributed by atoms with Gasteiger partial charge >= 0.3 is 0 Å². The molecule has 0 radical (unpaired) electrons. The minimum absolute atomic E-state index is 0.243. The van der Waals surface area contributed by atoms with E-state index in [4.69, 9.17) is 5.73 Å². The van der Waals surface area contributed by atoms with Crippen LogP contribution in [0.2, 0.25) is 0 Å². The maximum Gasteiger partial charge on any atom is 0.0304 e. The highest BCUT2D eigenvalue weighted by atomic mass is 15.0. The molecule has 112 valence electrons. The molecule has 3 N–H and O–H groups in total. The van der Waals surface area contributed by atoms with Crippen LogP contribution in [0.15, 0.2) is 0 Å². The van der Waals surface area contributed by atoms with Crippen molar-refractivity contribution in [3.63, 3.8) is 0 Å². The second kappa shape index (κ2) is 6.58. The summed E-state index contributed by atoms with van der Waals surface area (Å²) in [6.07, 6.45) is 9.58. The first kappa shape index (κ1) is 15.3. The Morgan fingerprint density at radius 2 is 1.79 bits per heavy atom. The molecule has 2 nitrogen and oxygen atoms in total. The molecule has 2 fully saturated rings. The number of nitrogens with two attached hydrogens (primary N) is 1. The van der Waals surface area contributed by atoms with Crippen molar-refractivity contribution < 1.29 is 0 Å². The molecule has 0 saturated heterocycles. The molecule has 0 amide bonds. The number of nitrogens with one attached hydrogen (secondary N) is 1. The highest BCUT2D eigenvalue weighted by molar-refractivity contribution is 4.93. The van der Waals surface area contributed by atoms with Gasteiger partial charge in [-0.05, 0) is 62.3 Å². The normalized spacial score (nSPS) is 34.3. The predicted octanol–water partition coefficient (Wildman–Crippen LogP) is 3.56. The lowest BCUT2D eigenvalue weighted by Crippen LogP contribution is -2.52. The second-order valence-electron chi connectivity index (χ2n) is 7.62. The topological polar surface area (TPSA) is 38.0 Å². The summed E-state index contributed by atoms with van der Waals surface area (Å²) in [6.45, 7) is 9.15. The fourth-order valence-electron chi connectivity index (χ4n) is 3.76. The summed E-state index contributed by atoms with van der Waals surface area (Å²) < 4.78 is 0. The van der Waals surface area contributed by atoms with E-state index in [1.165, 1.54) is 51.5 Å². The average Bonchev–Trinajstić information content (AvgIpc) is 3.22. The molecular formula is C17H34N2. The zero-order valence-corrected chi connectivity index (χ0v) is 13.3. The summed E-state index contributed by atoms with van der Waals surface area (Å²) >= 11 is 0.